The largest absolute Gasteiger partial charge is 1.00 e. The van der Waals surface area contributed by atoms with Crippen molar-refractivity contribution < 1.29 is 26.3 Å². The van der Waals surface area contributed by atoms with Crippen molar-refractivity contribution >= 4 is 23.2 Å². The SMILES string of the molecule is O=C1Nc2ccccc2/C1=C\c1cc[n+](Cc2ccccc2)cc1.[Br-]. The molecule has 3 nitrogen and oxygen atoms in total. The molecular formula is C21H17BrN2O. The number of halogens is 1. The van der Waals surface area contributed by atoms with Gasteiger partial charge in [-0.2, -0.15) is 0 Å². The Labute approximate surface area is 157 Å². The zero-order valence-electron chi connectivity index (χ0n) is 13.5. The number of nitrogens with zero attached hydrogens (tertiary/aromatic N) is 1. The van der Waals surface area contributed by atoms with E-state index in [-0.39, 0.29) is 22.9 Å². The monoisotopic (exact) mass is 392 g/mol. The number of nitrogens with one attached hydrogen (secondary N) is 1. The number of rotatable bonds is 3. The third-order valence-corrected chi connectivity index (χ3v) is 4.15. The molecule has 1 aromatic heterocycles. The summed E-state index contributed by atoms with van der Waals surface area (Å²) >= 11 is 0. The number of para-hydroxylation sites is 1. The molecule has 0 fully saturated rings. The van der Waals surface area contributed by atoms with Gasteiger partial charge in [-0.25, -0.2) is 4.57 Å². The van der Waals surface area contributed by atoms with Crippen molar-refractivity contribution in [3.63, 3.8) is 0 Å². The number of pyridine rings is 1. The van der Waals surface area contributed by atoms with Gasteiger partial charge in [0, 0.05) is 34.5 Å². The molecule has 1 N–H and O–H groups in total. The van der Waals surface area contributed by atoms with Gasteiger partial charge in [-0.15, -0.1) is 0 Å². The molecule has 0 atom stereocenters. The molecule has 0 aliphatic carbocycles. The van der Waals surface area contributed by atoms with Crippen LogP contribution in [0.15, 0.2) is 79.1 Å². The van der Waals surface area contributed by atoms with Crippen LogP contribution >= 0.6 is 0 Å². The topological polar surface area (TPSA) is 33.0 Å². The fraction of sp³-hybridized carbons (Fsp3) is 0.0476. The van der Waals surface area contributed by atoms with Crippen molar-refractivity contribution in [2.24, 2.45) is 0 Å². The minimum atomic E-state index is -0.0442. The minimum absolute atomic E-state index is 0. The van der Waals surface area contributed by atoms with Crippen molar-refractivity contribution in [3.05, 3.63) is 95.8 Å². The number of benzene rings is 2. The number of hydrogen-bond acceptors (Lipinski definition) is 1. The van der Waals surface area contributed by atoms with Gasteiger partial charge in [-0.3, -0.25) is 4.79 Å². The van der Waals surface area contributed by atoms with Gasteiger partial charge in [0.25, 0.3) is 5.91 Å². The second-order valence-corrected chi connectivity index (χ2v) is 5.85. The Morgan fingerprint density at radius 1 is 0.880 bits per heavy atom. The van der Waals surface area contributed by atoms with Crippen LogP contribution in [0.4, 0.5) is 5.69 Å². The van der Waals surface area contributed by atoms with Crippen LogP contribution in [-0.4, -0.2) is 5.91 Å². The molecule has 25 heavy (non-hydrogen) atoms. The Kier molecular flexibility index (Phi) is 5.10. The molecule has 0 saturated heterocycles. The molecule has 0 unspecified atom stereocenters. The summed E-state index contributed by atoms with van der Waals surface area (Å²) in [5, 5.41) is 2.90. The van der Waals surface area contributed by atoms with Crippen LogP contribution in [0.1, 0.15) is 16.7 Å². The number of amides is 1. The molecule has 1 aliphatic rings. The highest BCUT2D eigenvalue weighted by Crippen LogP contribution is 2.32. The first kappa shape index (κ1) is 17.1. The normalized spacial score (nSPS) is 13.9. The molecule has 4 rings (SSSR count). The smallest absolute Gasteiger partial charge is 0.256 e. The lowest BCUT2D eigenvalue weighted by atomic mass is 10.0. The van der Waals surface area contributed by atoms with Crippen molar-refractivity contribution in [1.82, 2.24) is 0 Å². The van der Waals surface area contributed by atoms with Crippen LogP contribution in [0.3, 0.4) is 0 Å². The quantitative estimate of drug-likeness (QED) is 0.511. The summed E-state index contributed by atoms with van der Waals surface area (Å²) in [7, 11) is 0. The van der Waals surface area contributed by atoms with Crippen molar-refractivity contribution in [3.8, 4) is 0 Å². The highest BCUT2D eigenvalue weighted by molar-refractivity contribution is 6.34. The first-order chi connectivity index (χ1) is 11.8. The van der Waals surface area contributed by atoms with E-state index < -0.39 is 0 Å². The van der Waals surface area contributed by atoms with E-state index >= 15 is 0 Å². The fourth-order valence-corrected chi connectivity index (χ4v) is 2.91. The Hall–Kier alpha value is -2.72. The predicted octanol–water partition coefficient (Wildman–Crippen LogP) is 0.519. The summed E-state index contributed by atoms with van der Waals surface area (Å²) in [6, 6.07) is 22.2. The highest BCUT2D eigenvalue weighted by Gasteiger charge is 2.23. The maximum absolute atomic E-state index is 12.2. The summed E-state index contributed by atoms with van der Waals surface area (Å²) in [4.78, 5) is 12.2. The van der Waals surface area contributed by atoms with E-state index in [1.807, 2.05) is 73.1 Å². The second kappa shape index (κ2) is 7.45. The Bertz CT molecular complexity index is 918. The van der Waals surface area contributed by atoms with Gasteiger partial charge >= 0.3 is 0 Å². The van der Waals surface area contributed by atoms with Crippen LogP contribution in [0.5, 0.6) is 0 Å². The Balaban J connectivity index is 0.00000182. The maximum atomic E-state index is 12.2. The fourth-order valence-electron chi connectivity index (χ4n) is 2.91. The number of hydrogen-bond donors (Lipinski definition) is 1. The molecule has 0 radical (unpaired) electrons. The van der Waals surface area contributed by atoms with Crippen molar-refractivity contribution in [1.29, 1.82) is 0 Å². The van der Waals surface area contributed by atoms with E-state index in [4.69, 9.17) is 0 Å². The summed E-state index contributed by atoms with van der Waals surface area (Å²) < 4.78 is 2.13. The van der Waals surface area contributed by atoms with E-state index in [1.165, 1.54) is 5.56 Å². The number of carbonyl (C=O) groups excluding carboxylic acids is 1. The van der Waals surface area contributed by atoms with Crippen LogP contribution in [0.25, 0.3) is 11.6 Å². The third kappa shape index (κ3) is 3.69. The number of aromatic nitrogens is 1. The van der Waals surface area contributed by atoms with Gasteiger partial charge in [0.2, 0.25) is 0 Å². The van der Waals surface area contributed by atoms with Gasteiger partial charge in [-0.05, 0) is 17.7 Å². The van der Waals surface area contributed by atoms with Crippen LogP contribution in [0, 0.1) is 0 Å². The Morgan fingerprint density at radius 2 is 1.56 bits per heavy atom. The lowest BCUT2D eigenvalue weighted by Gasteiger charge is -2.00. The second-order valence-electron chi connectivity index (χ2n) is 5.85. The molecule has 0 spiro atoms. The molecule has 4 heteroatoms. The molecule has 124 valence electrons. The first-order valence-electron chi connectivity index (χ1n) is 7.95. The number of fused-ring (bicyclic) bond motifs is 1. The molecule has 1 aliphatic heterocycles. The van der Waals surface area contributed by atoms with Crippen molar-refractivity contribution in [2.75, 3.05) is 5.32 Å². The van der Waals surface area contributed by atoms with E-state index in [9.17, 15) is 4.79 Å². The first-order valence-corrected chi connectivity index (χ1v) is 7.95. The average Bonchev–Trinajstić information content (AvgIpc) is 2.93. The molecule has 0 bridgehead atoms. The van der Waals surface area contributed by atoms with Crippen molar-refractivity contribution in [2.45, 2.75) is 6.54 Å². The molecule has 2 heterocycles. The summed E-state index contributed by atoms with van der Waals surface area (Å²) in [6.07, 6.45) is 6.02. The lowest BCUT2D eigenvalue weighted by molar-refractivity contribution is -0.688. The van der Waals surface area contributed by atoms with E-state index in [1.54, 1.807) is 0 Å². The van der Waals surface area contributed by atoms with Gasteiger partial charge in [0.15, 0.2) is 18.9 Å². The van der Waals surface area contributed by atoms with Gasteiger partial charge < -0.3 is 22.3 Å². The number of carbonyl (C=O) groups is 1. The maximum Gasteiger partial charge on any atom is 0.256 e. The molecule has 0 saturated carbocycles. The van der Waals surface area contributed by atoms with E-state index in [0.29, 0.717) is 5.57 Å². The van der Waals surface area contributed by atoms with Gasteiger partial charge in [0.05, 0.1) is 0 Å². The summed E-state index contributed by atoms with van der Waals surface area (Å²) in [5.74, 6) is -0.0442. The van der Waals surface area contributed by atoms with Crippen LogP contribution in [0.2, 0.25) is 0 Å². The summed E-state index contributed by atoms with van der Waals surface area (Å²) in [6.45, 7) is 0.834. The van der Waals surface area contributed by atoms with Gasteiger partial charge in [-0.1, -0.05) is 48.5 Å². The molecular weight excluding hydrogens is 376 g/mol. The molecule has 2 aromatic carbocycles. The third-order valence-electron chi connectivity index (χ3n) is 4.15. The number of anilines is 1. The lowest BCUT2D eigenvalue weighted by Crippen LogP contribution is -3.00. The predicted molar refractivity (Wildman–Crippen MR) is 95.1 cm³/mol. The van der Waals surface area contributed by atoms with Crippen LogP contribution < -0.4 is 26.9 Å². The molecule has 1 amide bonds. The van der Waals surface area contributed by atoms with Gasteiger partial charge in [0.1, 0.15) is 0 Å². The average molecular weight is 393 g/mol. The standard InChI is InChI=1S/C21H16N2O.BrH/c24-21-19(18-8-4-5-9-20(18)22-21)14-16-10-12-23(13-11-16)15-17-6-2-1-3-7-17;/h1-14H,15H2;1H. The zero-order valence-corrected chi connectivity index (χ0v) is 15.1. The van der Waals surface area contributed by atoms with E-state index in [2.05, 4.69) is 22.0 Å². The van der Waals surface area contributed by atoms with Crippen LogP contribution in [-0.2, 0) is 11.3 Å². The zero-order chi connectivity index (χ0) is 16.4. The highest BCUT2D eigenvalue weighted by atomic mass is 79.9. The Morgan fingerprint density at radius 3 is 2.32 bits per heavy atom. The summed E-state index contributed by atoms with van der Waals surface area (Å²) in [5.41, 5.74) is 4.83. The molecule has 3 aromatic rings. The van der Waals surface area contributed by atoms with E-state index in [0.717, 1.165) is 23.4 Å². The minimum Gasteiger partial charge on any atom is -1.00 e.